The second kappa shape index (κ2) is 11.5. The van der Waals surface area contributed by atoms with E-state index in [1.807, 2.05) is 12.2 Å². The number of furan rings is 1. The number of fused-ring (bicyclic) bond motifs is 16. The van der Waals surface area contributed by atoms with Gasteiger partial charge in [-0.2, -0.15) is 0 Å². The van der Waals surface area contributed by atoms with Crippen molar-refractivity contribution in [3.63, 3.8) is 0 Å². The zero-order chi connectivity index (χ0) is 36.4. The van der Waals surface area contributed by atoms with Gasteiger partial charge in [0.05, 0.1) is 11.0 Å². The van der Waals surface area contributed by atoms with Gasteiger partial charge in [-0.25, -0.2) is 9.97 Å². The van der Waals surface area contributed by atoms with Gasteiger partial charge in [0.1, 0.15) is 21.6 Å². The molecule has 260 valence electrons. The quantitative estimate of drug-likeness (QED) is 0.170. The van der Waals surface area contributed by atoms with Crippen LogP contribution >= 0.6 is 11.3 Å². The van der Waals surface area contributed by atoms with Crippen molar-refractivity contribution in [2.75, 3.05) is 0 Å². The number of thiophene rings is 1. The predicted molar refractivity (Wildman–Crippen MR) is 232 cm³/mol. The van der Waals surface area contributed by atoms with Crippen molar-refractivity contribution in [1.82, 2.24) is 14.5 Å². The Kier molecular flexibility index (Phi) is 6.44. The first kappa shape index (κ1) is 30.9. The molecule has 0 spiro atoms. The molecule has 2 aliphatic carbocycles. The smallest absolute Gasteiger partial charge is 0.165 e. The second-order valence-electron chi connectivity index (χ2n) is 14.8. The topological polar surface area (TPSA) is 43.9 Å². The third-order valence-corrected chi connectivity index (χ3v) is 13.0. The van der Waals surface area contributed by atoms with Crippen molar-refractivity contribution in [3.8, 4) is 17.1 Å². The molecule has 55 heavy (non-hydrogen) atoms. The lowest BCUT2D eigenvalue weighted by Gasteiger charge is -2.16. The zero-order valence-electron chi connectivity index (χ0n) is 30.2. The Morgan fingerprint density at radius 3 is 2.56 bits per heavy atom. The first-order chi connectivity index (χ1) is 27.2. The summed E-state index contributed by atoms with van der Waals surface area (Å²) in [5, 5.41) is 8.16. The summed E-state index contributed by atoms with van der Waals surface area (Å²) in [5.41, 5.74) is 14.7. The van der Waals surface area contributed by atoms with Crippen LogP contribution in [0.4, 0.5) is 0 Å². The van der Waals surface area contributed by atoms with Gasteiger partial charge in [-0.1, -0.05) is 116 Å². The minimum atomic E-state index is 0.814. The maximum atomic E-state index is 7.22. The lowest BCUT2D eigenvalue weighted by molar-refractivity contribution is 0.674. The van der Waals surface area contributed by atoms with Gasteiger partial charge in [-0.3, -0.25) is 4.57 Å². The maximum Gasteiger partial charge on any atom is 0.165 e. The number of rotatable bonds is 4. The summed E-state index contributed by atoms with van der Waals surface area (Å²) in [5.74, 6) is 0.814. The fraction of sp³-hybridized carbons (Fsp3) is 0.0800. The van der Waals surface area contributed by atoms with Crippen LogP contribution in [-0.2, 0) is 12.8 Å². The molecule has 4 nitrogen and oxygen atoms in total. The Balaban J connectivity index is 1.24. The van der Waals surface area contributed by atoms with Gasteiger partial charge >= 0.3 is 0 Å². The third-order valence-electron chi connectivity index (χ3n) is 11.9. The van der Waals surface area contributed by atoms with E-state index >= 15 is 0 Å². The Hall–Kier alpha value is -6.56. The van der Waals surface area contributed by atoms with Crippen molar-refractivity contribution in [1.29, 1.82) is 0 Å². The van der Waals surface area contributed by atoms with Crippen molar-refractivity contribution >= 4 is 97.9 Å². The van der Waals surface area contributed by atoms with Crippen LogP contribution < -0.4 is 0 Å². The molecule has 0 amide bonds. The van der Waals surface area contributed by atoms with Crippen LogP contribution in [0.3, 0.4) is 0 Å². The highest BCUT2D eigenvalue weighted by Gasteiger charge is 2.29. The van der Waals surface area contributed by atoms with E-state index < -0.39 is 0 Å². The molecule has 0 N–H and O–H groups in total. The molecule has 4 aromatic heterocycles. The minimum Gasteiger partial charge on any atom is -0.453 e. The fourth-order valence-corrected chi connectivity index (χ4v) is 10.4. The molecule has 0 saturated heterocycles. The summed E-state index contributed by atoms with van der Waals surface area (Å²) in [6.45, 7) is 6.12. The zero-order valence-corrected chi connectivity index (χ0v) is 31.0. The van der Waals surface area contributed by atoms with Gasteiger partial charge < -0.3 is 4.42 Å². The molecule has 6 aromatic carbocycles. The van der Waals surface area contributed by atoms with Gasteiger partial charge in [0.2, 0.25) is 0 Å². The van der Waals surface area contributed by atoms with E-state index in [1.54, 1.807) is 11.3 Å². The van der Waals surface area contributed by atoms with Crippen LogP contribution in [0.2, 0.25) is 0 Å². The normalized spacial score (nSPS) is 14.3. The highest BCUT2D eigenvalue weighted by Crippen LogP contribution is 2.48. The second-order valence-corrected chi connectivity index (χ2v) is 15.9. The average molecular weight is 724 g/mol. The first-order valence-corrected chi connectivity index (χ1v) is 19.8. The van der Waals surface area contributed by atoms with Crippen molar-refractivity contribution in [2.24, 2.45) is 0 Å². The Bertz CT molecular complexity index is 3440. The molecule has 0 saturated carbocycles. The minimum absolute atomic E-state index is 0.814. The van der Waals surface area contributed by atoms with E-state index in [9.17, 15) is 0 Å². The molecule has 0 atom stereocenters. The Morgan fingerprint density at radius 2 is 1.65 bits per heavy atom. The van der Waals surface area contributed by atoms with Crippen LogP contribution in [0.1, 0.15) is 35.6 Å². The molecule has 0 aliphatic heterocycles. The third kappa shape index (κ3) is 4.27. The Morgan fingerprint density at radius 1 is 0.818 bits per heavy atom. The number of para-hydroxylation sites is 1. The summed E-state index contributed by atoms with van der Waals surface area (Å²) in [4.78, 5) is 12.2. The molecule has 0 unspecified atom stereocenters. The van der Waals surface area contributed by atoms with E-state index in [2.05, 4.69) is 139 Å². The molecule has 2 aliphatic rings. The standard InChI is InChI=1S/C50H33N3OS/c1-3-4-13-30-26-32-27-31(23-24-33(32)28(30)2)44-49(51-45-38-19-10-12-21-41(38)55-50(45)52-44)53-40-20-11-9-18-37(40)42-35-16-7-8-17-36(35)43-39-25-22-29-14-5-6-15-34(29)47(39)54-48(43)46(42)53/h3-6,8-15,17-25,27H,1,7,16,26H2,2H3/b13-4-. The molecule has 0 bridgehead atoms. The van der Waals surface area contributed by atoms with E-state index in [1.165, 1.54) is 59.6 Å². The monoisotopic (exact) mass is 723 g/mol. The lowest BCUT2D eigenvalue weighted by Crippen LogP contribution is -2.04. The summed E-state index contributed by atoms with van der Waals surface area (Å²) in [6.07, 6.45) is 13.5. The molecular weight excluding hydrogens is 691 g/mol. The number of nitrogens with zero attached hydrogens (tertiary/aromatic N) is 3. The van der Waals surface area contributed by atoms with E-state index in [-0.39, 0.29) is 0 Å². The van der Waals surface area contributed by atoms with E-state index in [4.69, 9.17) is 14.4 Å². The van der Waals surface area contributed by atoms with Gasteiger partial charge in [0, 0.05) is 42.6 Å². The lowest BCUT2D eigenvalue weighted by atomic mass is 9.89. The SMILES string of the molecule is C=C/C=C\C1=C(C)c2ccc(-c3nc4sc5ccccc5c4nc3-n3c4ccccc4c4c5c(c6c7ccc8ccccc8c7oc6c43)C=CCC5)cc2C1. The molecule has 0 fully saturated rings. The summed E-state index contributed by atoms with van der Waals surface area (Å²) < 4.78 is 10.8. The fourth-order valence-electron chi connectivity index (χ4n) is 9.39. The molecule has 4 heterocycles. The summed E-state index contributed by atoms with van der Waals surface area (Å²) in [7, 11) is 0. The van der Waals surface area contributed by atoms with E-state index in [0.29, 0.717) is 0 Å². The predicted octanol–water partition coefficient (Wildman–Crippen LogP) is 13.7. The average Bonchev–Trinajstić information content (AvgIpc) is 3.98. The van der Waals surface area contributed by atoms with Gasteiger partial charge in [-0.05, 0) is 89.2 Å². The van der Waals surface area contributed by atoms with Gasteiger partial charge in [-0.15, -0.1) is 11.3 Å². The highest BCUT2D eigenvalue weighted by molar-refractivity contribution is 7.25. The highest BCUT2D eigenvalue weighted by atomic mass is 32.1. The molecule has 12 rings (SSSR count). The maximum absolute atomic E-state index is 7.22. The van der Waals surface area contributed by atoms with Gasteiger partial charge in [0.25, 0.3) is 0 Å². The molecular formula is C50H33N3OS. The molecule has 5 heteroatoms. The van der Waals surface area contributed by atoms with Crippen molar-refractivity contribution < 1.29 is 4.42 Å². The van der Waals surface area contributed by atoms with Crippen LogP contribution in [-0.4, -0.2) is 14.5 Å². The van der Waals surface area contributed by atoms with Crippen LogP contribution in [0, 0.1) is 0 Å². The first-order valence-electron chi connectivity index (χ1n) is 19.0. The number of allylic oxidation sites excluding steroid dienone is 6. The summed E-state index contributed by atoms with van der Waals surface area (Å²) in [6, 6.07) is 37.2. The van der Waals surface area contributed by atoms with Crippen LogP contribution in [0.25, 0.3) is 104 Å². The molecule has 10 aromatic rings. The van der Waals surface area contributed by atoms with Gasteiger partial charge in [0.15, 0.2) is 11.4 Å². The number of hydrogen-bond acceptors (Lipinski definition) is 4. The number of benzene rings is 6. The number of aryl methyl sites for hydroxylation is 1. The van der Waals surface area contributed by atoms with Crippen molar-refractivity contribution in [2.45, 2.75) is 26.2 Å². The molecule has 0 radical (unpaired) electrons. The largest absolute Gasteiger partial charge is 0.453 e. The van der Waals surface area contributed by atoms with E-state index in [0.717, 1.165) is 85.0 Å². The number of hydrogen-bond donors (Lipinski definition) is 0. The van der Waals surface area contributed by atoms with Crippen LogP contribution in [0.15, 0.2) is 144 Å². The Labute approximate surface area is 320 Å². The van der Waals surface area contributed by atoms with Crippen molar-refractivity contribution in [3.05, 3.63) is 162 Å². The number of aromatic nitrogens is 3. The van der Waals surface area contributed by atoms with Crippen LogP contribution in [0.5, 0.6) is 0 Å². The summed E-state index contributed by atoms with van der Waals surface area (Å²) >= 11 is 1.71.